The molecular formula is C20H17Cl2N3O. The molecule has 0 bridgehead atoms. The van der Waals surface area contributed by atoms with Gasteiger partial charge in [0.05, 0.1) is 33.2 Å². The molecular weight excluding hydrogens is 369 g/mol. The van der Waals surface area contributed by atoms with Crippen LogP contribution in [0, 0.1) is 0 Å². The number of nitrogens with zero attached hydrogens (tertiary/aromatic N) is 2. The number of pyridine rings is 1. The predicted molar refractivity (Wildman–Crippen MR) is 107 cm³/mol. The number of aromatic nitrogens is 1. The van der Waals surface area contributed by atoms with Crippen LogP contribution in [0.4, 0.5) is 11.4 Å². The molecule has 1 amide bonds. The van der Waals surface area contributed by atoms with E-state index in [1.807, 2.05) is 30.1 Å². The quantitative estimate of drug-likeness (QED) is 0.649. The Morgan fingerprint density at radius 2 is 1.85 bits per heavy atom. The topological polar surface area (TPSA) is 45.2 Å². The van der Waals surface area contributed by atoms with Gasteiger partial charge in [0.15, 0.2) is 0 Å². The molecule has 1 N–H and O–H groups in total. The van der Waals surface area contributed by atoms with E-state index in [9.17, 15) is 4.79 Å². The van der Waals surface area contributed by atoms with Crippen LogP contribution in [0.3, 0.4) is 0 Å². The van der Waals surface area contributed by atoms with Crippen LogP contribution in [-0.4, -0.2) is 17.9 Å². The lowest BCUT2D eigenvalue weighted by molar-refractivity contribution is 0.102. The van der Waals surface area contributed by atoms with E-state index in [-0.39, 0.29) is 5.91 Å². The van der Waals surface area contributed by atoms with E-state index >= 15 is 0 Å². The first-order valence-corrected chi connectivity index (χ1v) is 8.75. The Balaban J connectivity index is 1.76. The first kappa shape index (κ1) is 18.2. The van der Waals surface area contributed by atoms with Crippen LogP contribution in [0.5, 0.6) is 0 Å². The number of hydrogen-bond acceptors (Lipinski definition) is 3. The van der Waals surface area contributed by atoms with Gasteiger partial charge >= 0.3 is 0 Å². The maximum atomic E-state index is 12.5. The molecule has 0 spiro atoms. The third-order valence-electron chi connectivity index (χ3n) is 3.89. The predicted octanol–water partition coefficient (Wildman–Crippen LogP) is 5.28. The van der Waals surface area contributed by atoms with Gasteiger partial charge in [0.1, 0.15) is 0 Å². The zero-order valence-electron chi connectivity index (χ0n) is 14.1. The Morgan fingerprint density at radius 3 is 2.62 bits per heavy atom. The molecule has 132 valence electrons. The van der Waals surface area contributed by atoms with Gasteiger partial charge in [0.25, 0.3) is 5.91 Å². The number of anilines is 2. The van der Waals surface area contributed by atoms with Crippen LogP contribution in [0.2, 0.25) is 10.0 Å². The first-order valence-electron chi connectivity index (χ1n) is 8.00. The monoisotopic (exact) mass is 385 g/mol. The molecule has 2 aromatic carbocycles. The van der Waals surface area contributed by atoms with E-state index < -0.39 is 0 Å². The minimum atomic E-state index is -0.295. The van der Waals surface area contributed by atoms with Crippen molar-refractivity contribution in [2.45, 2.75) is 6.54 Å². The first-order chi connectivity index (χ1) is 12.5. The third kappa shape index (κ3) is 4.34. The van der Waals surface area contributed by atoms with Gasteiger partial charge in [-0.3, -0.25) is 9.78 Å². The molecule has 0 saturated carbocycles. The molecule has 0 unspecified atom stereocenters. The second-order valence-corrected chi connectivity index (χ2v) is 6.61. The molecule has 26 heavy (non-hydrogen) atoms. The van der Waals surface area contributed by atoms with Gasteiger partial charge in [0.2, 0.25) is 0 Å². The average Bonchev–Trinajstić information content (AvgIpc) is 2.66. The second kappa shape index (κ2) is 8.21. The highest BCUT2D eigenvalue weighted by Gasteiger charge is 2.12. The van der Waals surface area contributed by atoms with Gasteiger partial charge in [-0.25, -0.2) is 0 Å². The molecule has 0 radical (unpaired) electrons. The van der Waals surface area contributed by atoms with Gasteiger partial charge < -0.3 is 10.2 Å². The van der Waals surface area contributed by atoms with E-state index in [2.05, 4.69) is 22.4 Å². The molecule has 1 heterocycles. The van der Waals surface area contributed by atoms with E-state index in [0.29, 0.717) is 27.8 Å². The molecule has 0 atom stereocenters. The highest BCUT2D eigenvalue weighted by Crippen LogP contribution is 2.30. The highest BCUT2D eigenvalue weighted by atomic mass is 35.5. The number of nitrogens with one attached hydrogen (secondary N) is 1. The standard InChI is InChI=1S/C20H17Cl2N3O/c1-25(13-14-6-3-2-4-7-14)16-10-15(11-23-12-16)20(26)24-18-9-5-8-17(21)19(18)22/h2-12H,13H2,1H3,(H,24,26). The van der Waals surface area contributed by atoms with Gasteiger partial charge in [0, 0.05) is 19.8 Å². The Morgan fingerprint density at radius 1 is 1.08 bits per heavy atom. The molecule has 0 aliphatic heterocycles. The van der Waals surface area contributed by atoms with E-state index in [4.69, 9.17) is 23.2 Å². The number of hydrogen-bond donors (Lipinski definition) is 1. The normalized spacial score (nSPS) is 10.4. The van der Waals surface area contributed by atoms with E-state index in [1.165, 1.54) is 11.8 Å². The molecule has 4 nitrogen and oxygen atoms in total. The third-order valence-corrected chi connectivity index (χ3v) is 4.71. The van der Waals surface area contributed by atoms with Crippen LogP contribution < -0.4 is 10.2 Å². The minimum absolute atomic E-state index is 0.295. The summed E-state index contributed by atoms with van der Waals surface area (Å²) in [7, 11) is 1.96. The molecule has 1 aromatic heterocycles. The summed E-state index contributed by atoms with van der Waals surface area (Å²) < 4.78 is 0. The molecule has 3 rings (SSSR count). The summed E-state index contributed by atoms with van der Waals surface area (Å²) in [6.45, 7) is 0.716. The van der Waals surface area contributed by atoms with E-state index in [0.717, 1.165) is 5.69 Å². The summed E-state index contributed by atoms with van der Waals surface area (Å²) in [5, 5.41) is 3.47. The Hall–Kier alpha value is -2.56. The van der Waals surface area contributed by atoms with Crippen molar-refractivity contribution in [3.63, 3.8) is 0 Å². The van der Waals surface area contributed by atoms with Crippen LogP contribution in [0.1, 0.15) is 15.9 Å². The van der Waals surface area contributed by atoms with Crippen molar-refractivity contribution in [1.29, 1.82) is 0 Å². The number of rotatable bonds is 5. The average molecular weight is 386 g/mol. The lowest BCUT2D eigenvalue weighted by atomic mass is 10.2. The molecule has 0 aliphatic carbocycles. The summed E-state index contributed by atoms with van der Waals surface area (Å²) in [6, 6.07) is 17.0. The van der Waals surface area contributed by atoms with Crippen molar-refractivity contribution in [1.82, 2.24) is 4.98 Å². The number of benzene rings is 2. The molecule has 0 aliphatic rings. The van der Waals surface area contributed by atoms with Crippen LogP contribution >= 0.6 is 23.2 Å². The van der Waals surface area contributed by atoms with Crippen LogP contribution in [0.25, 0.3) is 0 Å². The van der Waals surface area contributed by atoms with Crippen molar-refractivity contribution in [3.8, 4) is 0 Å². The lowest BCUT2D eigenvalue weighted by Gasteiger charge is -2.19. The highest BCUT2D eigenvalue weighted by molar-refractivity contribution is 6.44. The Labute approximate surface area is 162 Å². The fourth-order valence-electron chi connectivity index (χ4n) is 2.50. The minimum Gasteiger partial charge on any atom is -0.369 e. The maximum absolute atomic E-state index is 12.5. The van der Waals surface area contributed by atoms with Crippen LogP contribution in [0.15, 0.2) is 67.0 Å². The molecule has 3 aromatic rings. The lowest BCUT2D eigenvalue weighted by Crippen LogP contribution is -2.18. The smallest absolute Gasteiger partial charge is 0.257 e. The number of carbonyl (C=O) groups excluding carboxylic acids is 1. The summed E-state index contributed by atoms with van der Waals surface area (Å²) in [5.41, 5.74) is 2.93. The van der Waals surface area contributed by atoms with Crippen molar-refractivity contribution >= 4 is 40.5 Å². The van der Waals surface area contributed by atoms with Crippen molar-refractivity contribution in [2.24, 2.45) is 0 Å². The second-order valence-electron chi connectivity index (χ2n) is 5.83. The number of amides is 1. The molecule has 0 fully saturated rings. The summed E-state index contributed by atoms with van der Waals surface area (Å²) >= 11 is 12.1. The van der Waals surface area contributed by atoms with Crippen molar-refractivity contribution < 1.29 is 4.79 Å². The van der Waals surface area contributed by atoms with Crippen LogP contribution in [-0.2, 0) is 6.54 Å². The zero-order chi connectivity index (χ0) is 18.5. The van der Waals surface area contributed by atoms with Gasteiger partial charge in [-0.2, -0.15) is 0 Å². The van der Waals surface area contributed by atoms with Gasteiger partial charge in [-0.1, -0.05) is 59.6 Å². The number of halogens is 2. The fraction of sp³-hybridized carbons (Fsp3) is 0.100. The summed E-state index contributed by atoms with van der Waals surface area (Å²) in [6.07, 6.45) is 3.25. The zero-order valence-corrected chi connectivity index (χ0v) is 15.6. The molecule has 0 saturated heterocycles. The van der Waals surface area contributed by atoms with E-state index in [1.54, 1.807) is 30.5 Å². The van der Waals surface area contributed by atoms with Crippen molar-refractivity contribution in [2.75, 3.05) is 17.3 Å². The fourth-order valence-corrected chi connectivity index (χ4v) is 2.85. The molecule has 6 heteroatoms. The maximum Gasteiger partial charge on any atom is 0.257 e. The number of carbonyl (C=O) groups is 1. The largest absolute Gasteiger partial charge is 0.369 e. The Bertz CT molecular complexity index is 916. The van der Waals surface area contributed by atoms with Gasteiger partial charge in [-0.05, 0) is 23.8 Å². The summed E-state index contributed by atoms with van der Waals surface area (Å²) in [5.74, 6) is -0.295. The van der Waals surface area contributed by atoms with Gasteiger partial charge in [-0.15, -0.1) is 0 Å². The Kier molecular flexibility index (Phi) is 5.76. The SMILES string of the molecule is CN(Cc1ccccc1)c1cncc(C(=O)Nc2cccc(Cl)c2Cl)c1. The summed E-state index contributed by atoms with van der Waals surface area (Å²) in [4.78, 5) is 18.8. The van der Waals surface area contributed by atoms with Crippen molar-refractivity contribution in [3.05, 3.63) is 88.2 Å².